The van der Waals surface area contributed by atoms with Crippen molar-refractivity contribution in [1.82, 2.24) is 4.90 Å². The van der Waals surface area contributed by atoms with E-state index in [9.17, 15) is 9.18 Å². The van der Waals surface area contributed by atoms with Crippen LogP contribution in [0.4, 0.5) is 4.39 Å². The number of fused-ring (bicyclic) bond motifs is 1. The lowest BCUT2D eigenvalue weighted by Gasteiger charge is -2.18. The summed E-state index contributed by atoms with van der Waals surface area (Å²) < 4.78 is 13.2. The molecule has 0 aliphatic heterocycles. The van der Waals surface area contributed by atoms with Crippen molar-refractivity contribution in [2.45, 2.75) is 13.0 Å². The summed E-state index contributed by atoms with van der Waals surface area (Å²) >= 11 is 0. The molecule has 116 valence electrons. The van der Waals surface area contributed by atoms with Crippen molar-refractivity contribution < 1.29 is 9.18 Å². The fourth-order valence-corrected chi connectivity index (χ4v) is 2.66. The Morgan fingerprint density at radius 1 is 0.913 bits per heavy atom. The van der Waals surface area contributed by atoms with E-state index < -0.39 is 0 Å². The van der Waals surface area contributed by atoms with Crippen LogP contribution in [0.5, 0.6) is 0 Å². The van der Waals surface area contributed by atoms with E-state index in [1.54, 1.807) is 24.1 Å². The van der Waals surface area contributed by atoms with Crippen LogP contribution in [0.1, 0.15) is 11.1 Å². The Balaban J connectivity index is 1.69. The molecule has 0 N–H and O–H groups in total. The standard InChI is InChI=1S/C20H18FNO/c1-22(20(23)13-15-5-4-8-19(21)12-15)14-16-9-10-17-6-2-3-7-18(17)11-16/h2-12H,13-14H2,1H3. The minimum absolute atomic E-state index is 0.0243. The van der Waals surface area contributed by atoms with Crippen LogP contribution >= 0.6 is 0 Å². The molecule has 0 aliphatic carbocycles. The smallest absolute Gasteiger partial charge is 0.227 e. The van der Waals surface area contributed by atoms with Crippen LogP contribution < -0.4 is 0 Å². The lowest BCUT2D eigenvalue weighted by Crippen LogP contribution is -2.27. The summed E-state index contributed by atoms with van der Waals surface area (Å²) in [6, 6.07) is 20.5. The van der Waals surface area contributed by atoms with Crippen molar-refractivity contribution in [3.63, 3.8) is 0 Å². The first-order valence-corrected chi connectivity index (χ1v) is 7.58. The Hall–Kier alpha value is -2.68. The van der Waals surface area contributed by atoms with Gasteiger partial charge in [0.15, 0.2) is 0 Å². The maximum atomic E-state index is 13.2. The number of carbonyl (C=O) groups is 1. The van der Waals surface area contributed by atoms with Gasteiger partial charge in [0.25, 0.3) is 0 Å². The molecular formula is C20H18FNO. The molecule has 2 nitrogen and oxygen atoms in total. The van der Waals surface area contributed by atoms with E-state index in [2.05, 4.69) is 24.3 Å². The van der Waals surface area contributed by atoms with Gasteiger partial charge in [0.2, 0.25) is 5.91 Å². The van der Waals surface area contributed by atoms with Crippen molar-refractivity contribution >= 4 is 16.7 Å². The van der Waals surface area contributed by atoms with Crippen molar-refractivity contribution in [2.75, 3.05) is 7.05 Å². The second-order valence-electron chi connectivity index (χ2n) is 5.74. The van der Waals surface area contributed by atoms with Gasteiger partial charge in [0.1, 0.15) is 5.82 Å². The summed E-state index contributed by atoms with van der Waals surface area (Å²) in [5.74, 6) is -0.337. The van der Waals surface area contributed by atoms with Gasteiger partial charge < -0.3 is 4.90 Å². The molecule has 0 heterocycles. The highest BCUT2D eigenvalue weighted by Crippen LogP contribution is 2.17. The quantitative estimate of drug-likeness (QED) is 0.708. The van der Waals surface area contributed by atoms with Gasteiger partial charge >= 0.3 is 0 Å². The molecule has 1 amide bonds. The van der Waals surface area contributed by atoms with E-state index in [4.69, 9.17) is 0 Å². The van der Waals surface area contributed by atoms with Gasteiger partial charge in [-0.1, -0.05) is 48.5 Å². The van der Waals surface area contributed by atoms with E-state index in [-0.39, 0.29) is 18.1 Å². The maximum absolute atomic E-state index is 13.2. The minimum atomic E-state index is -0.313. The number of likely N-dealkylation sites (N-methyl/N-ethyl adjacent to an activating group) is 1. The zero-order valence-electron chi connectivity index (χ0n) is 13.0. The zero-order chi connectivity index (χ0) is 16.2. The molecule has 0 radical (unpaired) electrons. The number of nitrogens with zero attached hydrogens (tertiary/aromatic N) is 1. The van der Waals surface area contributed by atoms with Crippen LogP contribution in [0, 0.1) is 5.82 Å². The Labute approximate surface area is 135 Å². The largest absolute Gasteiger partial charge is 0.341 e. The van der Waals surface area contributed by atoms with Crippen molar-refractivity contribution in [1.29, 1.82) is 0 Å². The second kappa shape index (κ2) is 6.61. The second-order valence-corrected chi connectivity index (χ2v) is 5.74. The molecule has 0 atom stereocenters. The molecule has 0 bridgehead atoms. The Bertz CT molecular complexity index is 844. The highest BCUT2D eigenvalue weighted by atomic mass is 19.1. The molecule has 0 aliphatic rings. The molecule has 3 aromatic carbocycles. The Morgan fingerprint density at radius 3 is 2.48 bits per heavy atom. The highest BCUT2D eigenvalue weighted by Gasteiger charge is 2.11. The summed E-state index contributed by atoms with van der Waals surface area (Å²) in [7, 11) is 1.77. The predicted molar refractivity (Wildman–Crippen MR) is 90.5 cm³/mol. The summed E-state index contributed by atoms with van der Waals surface area (Å²) in [6.07, 6.45) is 0.210. The molecular weight excluding hydrogens is 289 g/mol. The molecule has 0 spiro atoms. The monoisotopic (exact) mass is 307 g/mol. The van der Waals surface area contributed by atoms with Crippen LogP contribution in [-0.2, 0) is 17.8 Å². The number of amides is 1. The molecule has 3 aromatic rings. The fourth-order valence-electron chi connectivity index (χ4n) is 2.66. The van der Waals surface area contributed by atoms with Crippen LogP contribution in [0.3, 0.4) is 0 Å². The van der Waals surface area contributed by atoms with Crippen LogP contribution in [0.25, 0.3) is 10.8 Å². The van der Waals surface area contributed by atoms with Gasteiger partial charge in [-0.25, -0.2) is 4.39 Å². The lowest BCUT2D eigenvalue weighted by atomic mass is 10.1. The summed E-state index contributed by atoms with van der Waals surface area (Å²) in [4.78, 5) is 14.0. The normalized spacial score (nSPS) is 10.7. The molecule has 0 saturated carbocycles. The average molecular weight is 307 g/mol. The predicted octanol–water partition coefficient (Wildman–Crippen LogP) is 4.18. The third-order valence-corrected chi connectivity index (χ3v) is 3.90. The van der Waals surface area contributed by atoms with Gasteiger partial charge in [0, 0.05) is 13.6 Å². The van der Waals surface area contributed by atoms with Gasteiger partial charge in [0.05, 0.1) is 6.42 Å². The molecule has 23 heavy (non-hydrogen) atoms. The molecule has 0 unspecified atom stereocenters. The fraction of sp³-hybridized carbons (Fsp3) is 0.150. The first-order chi connectivity index (χ1) is 11.1. The summed E-state index contributed by atoms with van der Waals surface area (Å²) in [5, 5.41) is 2.35. The zero-order valence-corrected chi connectivity index (χ0v) is 13.0. The SMILES string of the molecule is CN(Cc1ccc2ccccc2c1)C(=O)Cc1cccc(F)c1. The minimum Gasteiger partial charge on any atom is -0.341 e. The van der Waals surface area contributed by atoms with E-state index >= 15 is 0 Å². The van der Waals surface area contributed by atoms with Crippen molar-refractivity contribution in [2.24, 2.45) is 0 Å². The molecule has 0 saturated heterocycles. The first-order valence-electron chi connectivity index (χ1n) is 7.58. The summed E-state index contributed by atoms with van der Waals surface area (Å²) in [6.45, 7) is 0.541. The number of halogens is 1. The maximum Gasteiger partial charge on any atom is 0.227 e. The first kappa shape index (κ1) is 15.2. The van der Waals surface area contributed by atoms with Crippen molar-refractivity contribution in [3.05, 3.63) is 83.7 Å². The van der Waals surface area contributed by atoms with Gasteiger partial charge in [-0.3, -0.25) is 4.79 Å². The number of benzene rings is 3. The topological polar surface area (TPSA) is 20.3 Å². The van der Waals surface area contributed by atoms with Crippen molar-refractivity contribution in [3.8, 4) is 0 Å². The van der Waals surface area contributed by atoms with Crippen LogP contribution in [0.2, 0.25) is 0 Å². The summed E-state index contributed by atoms with van der Waals surface area (Å²) in [5.41, 5.74) is 1.78. The van der Waals surface area contributed by atoms with E-state index in [1.807, 2.05) is 18.2 Å². The number of rotatable bonds is 4. The molecule has 0 fully saturated rings. The Morgan fingerprint density at radius 2 is 1.70 bits per heavy atom. The molecule has 3 rings (SSSR count). The lowest BCUT2D eigenvalue weighted by molar-refractivity contribution is -0.129. The van der Waals surface area contributed by atoms with Crippen LogP contribution in [0.15, 0.2) is 66.7 Å². The number of hydrogen-bond acceptors (Lipinski definition) is 1. The van der Waals surface area contributed by atoms with E-state index in [1.165, 1.54) is 17.5 Å². The third-order valence-electron chi connectivity index (χ3n) is 3.90. The van der Waals surface area contributed by atoms with Gasteiger partial charge in [-0.05, 0) is 40.1 Å². The van der Waals surface area contributed by atoms with Crippen LogP contribution in [-0.4, -0.2) is 17.9 Å². The number of carbonyl (C=O) groups excluding carboxylic acids is 1. The number of hydrogen-bond donors (Lipinski definition) is 0. The Kier molecular flexibility index (Phi) is 4.38. The van der Waals surface area contributed by atoms with E-state index in [0.29, 0.717) is 12.1 Å². The van der Waals surface area contributed by atoms with Gasteiger partial charge in [-0.15, -0.1) is 0 Å². The van der Waals surface area contributed by atoms with Gasteiger partial charge in [-0.2, -0.15) is 0 Å². The molecule has 3 heteroatoms. The average Bonchev–Trinajstić information content (AvgIpc) is 2.54. The van der Waals surface area contributed by atoms with E-state index in [0.717, 1.165) is 10.9 Å². The molecule has 0 aromatic heterocycles. The highest BCUT2D eigenvalue weighted by molar-refractivity contribution is 5.83. The third kappa shape index (κ3) is 3.75.